The molecule has 0 fully saturated rings. The Balaban J connectivity index is 0.000000220. The molecule has 0 spiro atoms. The third kappa shape index (κ3) is 7.12. The van der Waals surface area contributed by atoms with Gasteiger partial charge in [-0.05, 0) is 29.9 Å². The van der Waals surface area contributed by atoms with Gasteiger partial charge in [0.2, 0.25) is 0 Å². The maximum atomic E-state index is 10.9. The highest BCUT2D eigenvalue weighted by Gasteiger charge is 2.11. The topological polar surface area (TPSA) is 69.7 Å². The van der Waals surface area contributed by atoms with Crippen molar-refractivity contribution in [3.8, 4) is 11.5 Å². The van der Waals surface area contributed by atoms with Crippen LogP contribution < -0.4 is 14.8 Å². The second-order valence-corrected chi connectivity index (χ2v) is 8.91. The number of methoxy groups -OCH3 is 2. The molecule has 31 heavy (non-hydrogen) atoms. The molecule has 1 atom stereocenters. The van der Waals surface area contributed by atoms with Crippen LogP contribution in [0.15, 0.2) is 41.3 Å². The van der Waals surface area contributed by atoms with Crippen LogP contribution >= 0.6 is 23.1 Å². The number of hydrogen-bond donors (Lipinski definition) is 1. The zero-order chi connectivity index (χ0) is 22.8. The number of hydrogen-bond acceptors (Lipinski definition) is 8. The van der Waals surface area contributed by atoms with Crippen LogP contribution in [-0.2, 0) is 9.53 Å². The molecule has 2 aromatic carbocycles. The summed E-state index contributed by atoms with van der Waals surface area (Å²) in [5.41, 5.74) is 1.84. The van der Waals surface area contributed by atoms with Gasteiger partial charge in [0.05, 0.1) is 31.0 Å². The number of anilines is 1. The highest BCUT2D eigenvalue weighted by Crippen LogP contribution is 2.35. The molecule has 8 heteroatoms. The maximum Gasteiger partial charge on any atom is 0.183 e. The highest BCUT2D eigenvalue weighted by molar-refractivity contribution is 7.98. The molecule has 0 bridgehead atoms. The van der Waals surface area contributed by atoms with Crippen LogP contribution in [0, 0.1) is 5.92 Å². The van der Waals surface area contributed by atoms with E-state index in [4.69, 9.17) is 14.2 Å². The molecule has 0 aliphatic carbocycles. The Bertz CT molecular complexity index is 917. The van der Waals surface area contributed by atoms with Crippen LogP contribution in [0.2, 0.25) is 0 Å². The monoisotopic (exact) mass is 462 g/mol. The molecule has 0 saturated carbocycles. The van der Waals surface area contributed by atoms with Gasteiger partial charge in [-0.25, -0.2) is 4.98 Å². The van der Waals surface area contributed by atoms with E-state index < -0.39 is 6.10 Å². The molecule has 6 nitrogen and oxygen atoms in total. The second kappa shape index (κ2) is 12.5. The Labute approximate surface area is 192 Å². The fourth-order valence-electron chi connectivity index (χ4n) is 2.67. The first-order valence-electron chi connectivity index (χ1n) is 9.86. The maximum absolute atomic E-state index is 10.9. The van der Waals surface area contributed by atoms with Crippen molar-refractivity contribution in [2.24, 2.45) is 5.92 Å². The van der Waals surface area contributed by atoms with Gasteiger partial charge >= 0.3 is 0 Å². The number of thiazole rings is 1. The Hall–Kier alpha value is -2.29. The van der Waals surface area contributed by atoms with E-state index in [1.807, 2.05) is 49.7 Å². The minimum atomic E-state index is -0.432. The molecule has 1 aromatic heterocycles. The summed E-state index contributed by atoms with van der Waals surface area (Å²) in [6.45, 7) is 4.74. The van der Waals surface area contributed by atoms with E-state index in [1.165, 1.54) is 4.90 Å². The summed E-state index contributed by atoms with van der Waals surface area (Å²) in [4.78, 5) is 16.5. The molecule has 1 heterocycles. The highest BCUT2D eigenvalue weighted by atomic mass is 32.2. The minimum absolute atomic E-state index is 0.432. The zero-order valence-corrected chi connectivity index (χ0v) is 20.4. The first-order chi connectivity index (χ1) is 14.9. The van der Waals surface area contributed by atoms with Crippen LogP contribution in [0.4, 0.5) is 5.13 Å². The van der Waals surface area contributed by atoms with E-state index in [2.05, 4.69) is 24.1 Å². The number of carbonyl (C=O) groups is 1. The Morgan fingerprint density at radius 2 is 1.77 bits per heavy atom. The van der Waals surface area contributed by atoms with Gasteiger partial charge in [-0.15, -0.1) is 11.8 Å². The fourth-order valence-corrected chi connectivity index (χ4v) is 3.90. The second-order valence-electron chi connectivity index (χ2n) is 7.00. The third-order valence-corrected chi connectivity index (χ3v) is 6.06. The lowest BCUT2D eigenvalue weighted by atomic mass is 10.1. The number of carbonyl (C=O) groups excluding carboxylic acids is 1. The summed E-state index contributed by atoms with van der Waals surface area (Å²) in [5.74, 6) is 1.88. The molecule has 3 rings (SSSR count). The van der Waals surface area contributed by atoms with Gasteiger partial charge in [-0.3, -0.25) is 0 Å². The number of thioether (sulfide) groups is 1. The van der Waals surface area contributed by atoms with Gasteiger partial charge in [0.15, 0.2) is 22.9 Å². The molecule has 0 amide bonds. The van der Waals surface area contributed by atoms with E-state index in [0.717, 1.165) is 32.9 Å². The molecular weight excluding hydrogens is 432 g/mol. The van der Waals surface area contributed by atoms with Gasteiger partial charge in [0, 0.05) is 24.1 Å². The number of aromatic nitrogens is 1. The quantitative estimate of drug-likeness (QED) is 0.324. The molecule has 0 aliphatic heterocycles. The van der Waals surface area contributed by atoms with Crippen molar-refractivity contribution in [1.29, 1.82) is 0 Å². The van der Waals surface area contributed by atoms with Crippen molar-refractivity contribution in [1.82, 2.24) is 4.98 Å². The van der Waals surface area contributed by atoms with Crippen LogP contribution in [0.1, 0.15) is 25.5 Å². The normalized spacial score (nSPS) is 11.6. The molecule has 0 radical (unpaired) electrons. The smallest absolute Gasteiger partial charge is 0.183 e. The number of benzene rings is 2. The molecule has 0 saturated heterocycles. The van der Waals surface area contributed by atoms with Crippen molar-refractivity contribution < 1.29 is 19.0 Å². The summed E-state index contributed by atoms with van der Waals surface area (Å²) in [5, 5.41) is 3.91. The Morgan fingerprint density at radius 3 is 2.29 bits per heavy atom. The van der Waals surface area contributed by atoms with E-state index in [1.54, 1.807) is 37.3 Å². The van der Waals surface area contributed by atoms with Crippen molar-refractivity contribution in [2.75, 3.05) is 39.4 Å². The lowest BCUT2D eigenvalue weighted by molar-refractivity contribution is -0.119. The van der Waals surface area contributed by atoms with Crippen molar-refractivity contribution in [3.05, 3.63) is 42.0 Å². The predicted molar refractivity (Wildman–Crippen MR) is 130 cm³/mol. The van der Waals surface area contributed by atoms with Crippen molar-refractivity contribution in [2.45, 2.75) is 24.8 Å². The number of ether oxygens (including phenoxy) is 3. The largest absolute Gasteiger partial charge is 0.493 e. The Kier molecular flexibility index (Phi) is 10.1. The number of nitrogens with one attached hydrogen (secondary N) is 1. The van der Waals surface area contributed by atoms with Crippen molar-refractivity contribution in [3.63, 3.8) is 0 Å². The van der Waals surface area contributed by atoms with E-state index in [-0.39, 0.29) is 0 Å². The van der Waals surface area contributed by atoms with Crippen molar-refractivity contribution >= 4 is 44.7 Å². The molecule has 1 N–H and O–H groups in total. The first kappa shape index (κ1) is 25.0. The zero-order valence-electron chi connectivity index (χ0n) is 18.8. The third-order valence-electron chi connectivity index (χ3n) is 4.28. The summed E-state index contributed by atoms with van der Waals surface area (Å²) in [7, 11) is 5.10. The number of nitrogens with zero attached hydrogens (tertiary/aromatic N) is 1. The predicted octanol–water partition coefficient (Wildman–Crippen LogP) is 5.68. The molecule has 0 aliphatic rings. The summed E-state index contributed by atoms with van der Waals surface area (Å²) in [6, 6.07) is 11.7. The number of fused-ring (bicyclic) bond motifs is 1. The van der Waals surface area contributed by atoms with Crippen LogP contribution in [0.3, 0.4) is 0 Å². The lowest BCUT2D eigenvalue weighted by Gasteiger charge is -2.14. The summed E-state index contributed by atoms with van der Waals surface area (Å²) in [6.07, 6.45) is 2.45. The summed E-state index contributed by atoms with van der Waals surface area (Å²) < 4.78 is 17.0. The number of rotatable bonds is 9. The van der Waals surface area contributed by atoms with Gasteiger partial charge < -0.3 is 24.3 Å². The standard InChI is InChI=1S/C13H18O2S.C10H12N2O2S/c1-10(2)9-15-13(8-14)11-4-6-12(16-3)7-5-11;1-11-10-12-6-4-7(13-2)8(14-3)5-9(6)15-10/h4-8,10,13H,9H2,1-3H3;4-5H,1-3H3,(H,11,12). The Morgan fingerprint density at radius 1 is 1.13 bits per heavy atom. The van der Waals surface area contributed by atoms with Crippen LogP contribution in [-0.4, -0.2) is 45.4 Å². The SMILES string of the molecule is CNc1nc2cc(OC)c(OC)cc2s1.CSc1ccc(C(C=O)OCC(C)C)cc1. The van der Waals surface area contributed by atoms with Gasteiger partial charge in [-0.1, -0.05) is 37.3 Å². The first-order valence-corrected chi connectivity index (χ1v) is 11.9. The van der Waals surface area contributed by atoms with E-state index in [9.17, 15) is 4.79 Å². The van der Waals surface area contributed by atoms with E-state index in [0.29, 0.717) is 18.3 Å². The average Bonchev–Trinajstić information content (AvgIpc) is 3.21. The minimum Gasteiger partial charge on any atom is -0.493 e. The molecule has 168 valence electrons. The van der Waals surface area contributed by atoms with Gasteiger partial charge in [0.1, 0.15) is 6.10 Å². The molecular formula is C23H30N2O4S2. The average molecular weight is 463 g/mol. The van der Waals surface area contributed by atoms with E-state index >= 15 is 0 Å². The summed E-state index contributed by atoms with van der Waals surface area (Å²) >= 11 is 3.27. The number of aldehydes is 1. The van der Waals surface area contributed by atoms with Gasteiger partial charge in [-0.2, -0.15) is 0 Å². The lowest BCUT2D eigenvalue weighted by Crippen LogP contribution is -2.10. The van der Waals surface area contributed by atoms with Crippen LogP contribution in [0.25, 0.3) is 10.2 Å². The van der Waals surface area contributed by atoms with Gasteiger partial charge in [0.25, 0.3) is 0 Å². The fraction of sp³-hybridized carbons (Fsp3) is 0.391. The van der Waals surface area contributed by atoms with Crippen LogP contribution in [0.5, 0.6) is 11.5 Å². The molecule has 1 unspecified atom stereocenters. The molecule has 3 aromatic rings.